The minimum atomic E-state index is -2.30. The lowest BCUT2D eigenvalue weighted by Gasteiger charge is -2.63. The number of aliphatic hydroxyl groups excluding tert-OH is 1. The summed E-state index contributed by atoms with van der Waals surface area (Å²) in [5.74, 6) is -3.66. The molecule has 4 aliphatic carbocycles. The number of allylic oxidation sites excluding steroid dienone is 4. The van der Waals surface area contributed by atoms with E-state index in [9.17, 15) is 19.5 Å². The molecule has 0 saturated heterocycles. The van der Waals surface area contributed by atoms with Gasteiger partial charge in [-0.3, -0.25) is 9.59 Å². The maximum Gasteiger partial charge on any atom is 0.375 e. The first-order chi connectivity index (χ1) is 16.7. The van der Waals surface area contributed by atoms with Crippen molar-refractivity contribution >= 4 is 45.4 Å². The molecule has 3 saturated carbocycles. The summed E-state index contributed by atoms with van der Waals surface area (Å²) in [6.07, 6.45) is 0.235. The molecule has 0 amide bonds. The second kappa shape index (κ2) is 8.11. The minimum Gasteiger partial charge on any atom is -0.443 e. The normalized spacial score (nSPS) is 45.4. The Bertz CT molecular complexity index is 1230. The van der Waals surface area contributed by atoms with Gasteiger partial charge in [-0.05, 0) is 77.9 Å². The van der Waals surface area contributed by atoms with Gasteiger partial charge in [-0.25, -0.2) is 13.6 Å². The predicted octanol–water partition coefficient (Wildman–Crippen LogP) is 4.96. The Hall–Kier alpha value is -1.78. The number of furan rings is 1. The highest BCUT2D eigenvalue weighted by molar-refractivity contribution is 9.10. The van der Waals surface area contributed by atoms with Crippen LogP contribution in [0.15, 0.2) is 45.0 Å². The Morgan fingerprint density at radius 1 is 1.25 bits per heavy atom. The van der Waals surface area contributed by atoms with E-state index in [1.165, 1.54) is 31.2 Å². The molecule has 36 heavy (non-hydrogen) atoms. The fraction of sp³-hybridized carbons (Fsp3) is 0.577. The summed E-state index contributed by atoms with van der Waals surface area (Å²) in [6.45, 7) is 4.92. The summed E-state index contributed by atoms with van der Waals surface area (Å²) in [4.78, 5) is 38.2. The van der Waals surface area contributed by atoms with Crippen molar-refractivity contribution in [2.45, 2.75) is 63.6 Å². The lowest BCUT2D eigenvalue weighted by Crippen LogP contribution is -2.70. The number of alkyl halides is 2. The van der Waals surface area contributed by atoms with Crippen molar-refractivity contribution in [3.8, 4) is 0 Å². The van der Waals surface area contributed by atoms with E-state index in [1.807, 2.05) is 0 Å². The Labute approximate surface area is 221 Å². The van der Waals surface area contributed by atoms with Crippen LogP contribution in [-0.4, -0.2) is 45.5 Å². The van der Waals surface area contributed by atoms with Gasteiger partial charge in [-0.2, -0.15) is 0 Å². The van der Waals surface area contributed by atoms with Crippen molar-refractivity contribution in [1.29, 1.82) is 0 Å². The molecule has 4 aliphatic rings. The quantitative estimate of drug-likeness (QED) is 0.385. The molecule has 0 spiro atoms. The first kappa shape index (κ1) is 25.9. The van der Waals surface area contributed by atoms with Crippen LogP contribution in [0.1, 0.15) is 50.6 Å². The number of hydrogen-bond donors (Lipinski definition) is 2. The molecule has 10 heteroatoms. The molecule has 0 aliphatic heterocycles. The third-order valence-corrected chi connectivity index (χ3v) is 10.3. The lowest BCUT2D eigenvalue weighted by atomic mass is 9.44. The molecule has 9 atom stereocenters. The number of esters is 1. The van der Waals surface area contributed by atoms with Crippen LogP contribution in [0, 0.1) is 28.6 Å². The summed E-state index contributed by atoms with van der Waals surface area (Å²) in [6, 6.07) is 2.90. The third kappa shape index (κ3) is 3.07. The molecule has 194 valence electrons. The second-order valence-corrected chi connectivity index (χ2v) is 12.2. The van der Waals surface area contributed by atoms with Crippen molar-refractivity contribution in [2.24, 2.45) is 28.6 Å². The number of aliphatic hydroxyl groups is 1. The number of ether oxygens (including phenoxy) is 1. The summed E-state index contributed by atoms with van der Waals surface area (Å²) in [7, 11) is 0. The zero-order valence-electron chi connectivity index (χ0n) is 20.0. The number of halogens is 3. The van der Waals surface area contributed by atoms with Crippen LogP contribution in [0.3, 0.4) is 0 Å². The fourth-order valence-electron chi connectivity index (χ4n) is 7.86. The summed E-state index contributed by atoms with van der Waals surface area (Å²) in [5.41, 5.74) is -6.86. The number of carbonyl (C=O) groups excluding carboxylic acids is 3. The fourth-order valence-corrected chi connectivity index (χ4v) is 8.69. The summed E-state index contributed by atoms with van der Waals surface area (Å²) >= 11 is 7.25. The second-order valence-electron chi connectivity index (χ2n) is 11.0. The Morgan fingerprint density at radius 2 is 1.94 bits per heavy atom. The minimum absolute atomic E-state index is 0.0220. The highest BCUT2D eigenvalue weighted by Gasteiger charge is 2.78. The van der Waals surface area contributed by atoms with E-state index in [1.54, 1.807) is 13.8 Å². The highest BCUT2D eigenvalue weighted by atomic mass is 79.9. The SMILES string of the molecule is C[C@@H]1C[C@H]2[C@@H]3C[C@H](F)C4=CC(=O)C=C[C@]4(C)[C@@]3(F)[C@@H](O)C[C@]2(C)[C@@]1(OC(=O)c1ccc(Br)o1)C(=O)S. The van der Waals surface area contributed by atoms with E-state index in [-0.39, 0.29) is 30.6 Å². The number of hydrogen-bond acceptors (Lipinski definition) is 6. The lowest BCUT2D eigenvalue weighted by molar-refractivity contribution is -0.221. The van der Waals surface area contributed by atoms with E-state index in [0.717, 1.165) is 6.08 Å². The van der Waals surface area contributed by atoms with E-state index >= 15 is 8.78 Å². The van der Waals surface area contributed by atoms with Crippen molar-refractivity contribution < 1.29 is 37.4 Å². The van der Waals surface area contributed by atoms with Crippen molar-refractivity contribution in [1.82, 2.24) is 0 Å². The van der Waals surface area contributed by atoms with E-state index in [2.05, 4.69) is 28.6 Å². The van der Waals surface area contributed by atoms with Gasteiger partial charge in [-0.15, -0.1) is 12.6 Å². The topological polar surface area (TPSA) is 93.8 Å². The van der Waals surface area contributed by atoms with Gasteiger partial charge in [-0.1, -0.05) is 19.9 Å². The number of ketones is 1. The molecule has 1 aromatic heterocycles. The first-order valence-electron chi connectivity index (χ1n) is 11.9. The molecule has 1 heterocycles. The van der Waals surface area contributed by atoms with Gasteiger partial charge in [0, 0.05) is 22.7 Å². The average Bonchev–Trinajstić information content (AvgIpc) is 3.32. The van der Waals surface area contributed by atoms with Gasteiger partial charge in [0.05, 0.1) is 6.10 Å². The molecule has 5 rings (SSSR count). The zero-order chi connectivity index (χ0) is 26.4. The van der Waals surface area contributed by atoms with Crippen LogP contribution in [0.25, 0.3) is 0 Å². The summed E-state index contributed by atoms with van der Waals surface area (Å²) < 4.78 is 44.4. The monoisotopic (exact) mass is 584 g/mol. The third-order valence-electron chi connectivity index (χ3n) is 9.51. The maximum atomic E-state index is 17.3. The van der Waals surface area contributed by atoms with Crippen LogP contribution in [0.4, 0.5) is 8.78 Å². The molecular weight excluding hydrogens is 558 g/mol. The van der Waals surface area contributed by atoms with Crippen LogP contribution in [0.2, 0.25) is 0 Å². The molecular formula is C26H27BrF2O6S. The Morgan fingerprint density at radius 3 is 2.56 bits per heavy atom. The number of thiol groups is 1. The molecule has 0 bridgehead atoms. The zero-order valence-corrected chi connectivity index (χ0v) is 22.4. The first-order valence-corrected chi connectivity index (χ1v) is 13.1. The predicted molar refractivity (Wildman–Crippen MR) is 132 cm³/mol. The van der Waals surface area contributed by atoms with Gasteiger partial charge in [0.2, 0.25) is 10.9 Å². The average molecular weight is 585 g/mol. The van der Waals surface area contributed by atoms with Gasteiger partial charge in [0.1, 0.15) is 6.17 Å². The molecule has 3 fully saturated rings. The number of rotatable bonds is 3. The van der Waals surface area contributed by atoms with Crippen LogP contribution in [-0.2, 0) is 14.3 Å². The van der Waals surface area contributed by atoms with E-state index < -0.39 is 69.0 Å². The Kier molecular flexibility index (Phi) is 5.82. The van der Waals surface area contributed by atoms with Crippen molar-refractivity contribution in [2.75, 3.05) is 0 Å². The van der Waals surface area contributed by atoms with Crippen LogP contribution >= 0.6 is 28.6 Å². The maximum absolute atomic E-state index is 17.3. The molecule has 6 nitrogen and oxygen atoms in total. The number of carbonyl (C=O) groups is 3. The molecule has 1 N–H and O–H groups in total. The van der Waals surface area contributed by atoms with Crippen molar-refractivity contribution in [3.63, 3.8) is 0 Å². The van der Waals surface area contributed by atoms with Crippen LogP contribution in [0.5, 0.6) is 0 Å². The van der Waals surface area contributed by atoms with Gasteiger partial charge >= 0.3 is 5.97 Å². The van der Waals surface area contributed by atoms with Gasteiger partial charge in [0.25, 0.3) is 0 Å². The van der Waals surface area contributed by atoms with E-state index in [0.29, 0.717) is 4.67 Å². The molecule has 1 aromatic rings. The standard InChI is InChI=1S/C26H27BrF2O6S/c1-12-8-14-15-10-17(28)16-9-13(30)6-7-23(16,2)25(15,29)19(31)11-24(14,3)26(12,22(33)36)35-21(32)18-4-5-20(27)34-18/h4-7,9,12,14-15,17,19,31H,8,10-11H2,1-3H3,(H,33,36)/t12-,14+,15+,17+,19+,23+,24+,25+,26+/m1/s1. The molecule has 0 unspecified atom stereocenters. The van der Waals surface area contributed by atoms with Crippen LogP contribution < -0.4 is 0 Å². The molecule has 0 aromatic carbocycles. The van der Waals surface area contributed by atoms with E-state index in [4.69, 9.17) is 9.15 Å². The summed E-state index contributed by atoms with van der Waals surface area (Å²) in [5, 5.41) is 10.7. The highest BCUT2D eigenvalue weighted by Crippen LogP contribution is 2.71. The van der Waals surface area contributed by atoms with Gasteiger partial charge in [0.15, 0.2) is 21.7 Å². The smallest absolute Gasteiger partial charge is 0.375 e. The molecule has 0 radical (unpaired) electrons. The largest absolute Gasteiger partial charge is 0.443 e. The Balaban J connectivity index is 1.61. The van der Waals surface area contributed by atoms with Gasteiger partial charge < -0.3 is 14.3 Å². The number of fused-ring (bicyclic) bond motifs is 5. The van der Waals surface area contributed by atoms with Crippen molar-refractivity contribution in [3.05, 3.63) is 46.4 Å².